The lowest BCUT2D eigenvalue weighted by Gasteiger charge is -2.07. The van der Waals surface area contributed by atoms with E-state index < -0.39 is 5.97 Å². The van der Waals surface area contributed by atoms with Gasteiger partial charge in [-0.25, -0.2) is 9.78 Å². The topological polar surface area (TPSA) is 67.2 Å². The maximum atomic E-state index is 11.0. The van der Waals surface area contributed by atoms with Crippen molar-refractivity contribution >= 4 is 17.0 Å². The molecule has 1 aliphatic heterocycles. The smallest absolute Gasteiger partial charge is 0.335 e. The minimum Gasteiger partial charge on any atom is -0.478 e. The van der Waals surface area contributed by atoms with Crippen LogP contribution in [0.1, 0.15) is 22.6 Å². The normalized spacial score (nSPS) is 19.1. The molecule has 5 heteroatoms. The number of aryl methyl sites for hydroxylation is 1. The first kappa shape index (κ1) is 12.2. The number of nitrogens with one attached hydrogen (secondary N) is 1. The van der Waals surface area contributed by atoms with Gasteiger partial charge >= 0.3 is 5.97 Å². The second-order valence-electron chi connectivity index (χ2n) is 5.16. The molecular formula is C14H17N3O2. The zero-order chi connectivity index (χ0) is 13.4. The molecule has 2 aromatic rings. The standard InChI is InChI=1S/C14H17N3O2/c1-17-12-7-10(14(18)19)2-3-11(12)16-13(17)6-9-4-5-15-8-9/h2-3,7,9,15H,4-6,8H2,1H3,(H,18,19). The van der Waals surface area contributed by atoms with Crippen molar-refractivity contribution in [3.63, 3.8) is 0 Å². The highest BCUT2D eigenvalue weighted by atomic mass is 16.4. The summed E-state index contributed by atoms with van der Waals surface area (Å²) in [6, 6.07) is 5.09. The van der Waals surface area contributed by atoms with Crippen LogP contribution in [0.25, 0.3) is 11.0 Å². The van der Waals surface area contributed by atoms with E-state index in [1.54, 1.807) is 18.2 Å². The van der Waals surface area contributed by atoms with Gasteiger partial charge in [-0.05, 0) is 43.6 Å². The largest absolute Gasteiger partial charge is 0.478 e. The molecule has 5 nitrogen and oxygen atoms in total. The van der Waals surface area contributed by atoms with Crippen molar-refractivity contribution in [2.24, 2.45) is 13.0 Å². The molecule has 3 rings (SSSR count). The number of aromatic carboxylic acids is 1. The Morgan fingerprint density at radius 3 is 3.11 bits per heavy atom. The summed E-state index contributed by atoms with van der Waals surface area (Å²) in [6.45, 7) is 2.13. The summed E-state index contributed by atoms with van der Waals surface area (Å²) in [7, 11) is 1.96. The maximum absolute atomic E-state index is 11.0. The van der Waals surface area contributed by atoms with Gasteiger partial charge in [0.25, 0.3) is 0 Å². The van der Waals surface area contributed by atoms with Gasteiger partial charge in [-0.1, -0.05) is 0 Å². The van der Waals surface area contributed by atoms with Gasteiger partial charge < -0.3 is 15.0 Å². The lowest BCUT2D eigenvalue weighted by molar-refractivity contribution is 0.0697. The number of carbonyl (C=O) groups is 1. The molecule has 1 fully saturated rings. The van der Waals surface area contributed by atoms with Gasteiger partial charge in [0.1, 0.15) is 5.82 Å². The summed E-state index contributed by atoms with van der Waals surface area (Å²) in [4.78, 5) is 15.6. The van der Waals surface area contributed by atoms with Gasteiger partial charge in [0.15, 0.2) is 0 Å². The van der Waals surface area contributed by atoms with E-state index in [0.29, 0.717) is 11.5 Å². The Balaban J connectivity index is 1.97. The summed E-state index contributed by atoms with van der Waals surface area (Å²) < 4.78 is 2.01. The Morgan fingerprint density at radius 1 is 1.58 bits per heavy atom. The van der Waals surface area contributed by atoms with E-state index in [9.17, 15) is 4.79 Å². The Hall–Kier alpha value is -1.88. The van der Waals surface area contributed by atoms with E-state index in [0.717, 1.165) is 36.4 Å². The Bertz CT molecular complexity index is 627. The highest BCUT2D eigenvalue weighted by Crippen LogP contribution is 2.20. The molecule has 1 aliphatic rings. The second kappa shape index (κ2) is 4.66. The van der Waals surface area contributed by atoms with Crippen molar-refractivity contribution in [2.45, 2.75) is 12.8 Å². The van der Waals surface area contributed by atoms with Crippen LogP contribution in [-0.2, 0) is 13.5 Å². The predicted octanol–water partition coefficient (Wildman–Crippen LogP) is 1.42. The molecule has 1 aromatic carbocycles. The fourth-order valence-corrected chi connectivity index (χ4v) is 2.70. The van der Waals surface area contributed by atoms with Crippen LogP contribution in [0.2, 0.25) is 0 Å². The summed E-state index contributed by atoms with van der Waals surface area (Å²) >= 11 is 0. The van der Waals surface area contributed by atoms with E-state index >= 15 is 0 Å². The quantitative estimate of drug-likeness (QED) is 0.875. The van der Waals surface area contributed by atoms with Crippen LogP contribution in [-0.4, -0.2) is 33.7 Å². The summed E-state index contributed by atoms with van der Waals surface area (Å²) in [5.41, 5.74) is 2.07. The molecule has 0 aliphatic carbocycles. The highest BCUT2D eigenvalue weighted by Gasteiger charge is 2.18. The number of rotatable bonds is 3. The van der Waals surface area contributed by atoms with Crippen LogP contribution in [0, 0.1) is 5.92 Å². The first-order valence-electron chi connectivity index (χ1n) is 6.54. The molecule has 1 aromatic heterocycles. The first-order valence-corrected chi connectivity index (χ1v) is 6.54. The second-order valence-corrected chi connectivity index (χ2v) is 5.16. The van der Waals surface area contributed by atoms with Crippen LogP contribution in [0.15, 0.2) is 18.2 Å². The Morgan fingerprint density at radius 2 is 2.42 bits per heavy atom. The number of fused-ring (bicyclic) bond motifs is 1. The number of imidazole rings is 1. The van der Waals surface area contributed by atoms with Crippen LogP contribution in [0.4, 0.5) is 0 Å². The van der Waals surface area contributed by atoms with Gasteiger partial charge in [-0.3, -0.25) is 0 Å². The third kappa shape index (κ3) is 2.21. The van der Waals surface area contributed by atoms with E-state index in [1.807, 2.05) is 11.6 Å². The van der Waals surface area contributed by atoms with Crippen molar-refractivity contribution in [3.8, 4) is 0 Å². The summed E-state index contributed by atoms with van der Waals surface area (Å²) in [5.74, 6) is 0.769. The average Bonchev–Trinajstić information content (AvgIpc) is 2.99. The van der Waals surface area contributed by atoms with Crippen molar-refractivity contribution in [1.82, 2.24) is 14.9 Å². The molecule has 1 saturated heterocycles. The number of nitrogens with zero attached hydrogens (tertiary/aromatic N) is 2. The maximum Gasteiger partial charge on any atom is 0.335 e. The molecule has 2 heterocycles. The number of hydrogen-bond acceptors (Lipinski definition) is 3. The van der Waals surface area contributed by atoms with Gasteiger partial charge in [0.2, 0.25) is 0 Å². The first-order chi connectivity index (χ1) is 9.15. The fourth-order valence-electron chi connectivity index (χ4n) is 2.70. The van der Waals surface area contributed by atoms with E-state index in [1.165, 1.54) is 6.42 Å². The van der Waals surface area contributed by atoms with E-state index in [2.05, 4.69) is 10.3 Å². The fraction of sp³-hybridized carbons (Fsp3) is 0.429. The van der Waals surface area contributed by atoms with E-state index in [-0.39, 0.29) is 0 Å². The number of benzene rings is 1. The molecule has 0 spiro atoms. The van der Waals surface area contributed by atoms with Gasteiger partial charge in [0.05, 0.1) is 16.6 Å². The molecule has 0 amide bonds. The Kier molecular flexibility index (Phi) is 2.98. The van der Waals surface area contributed by atoms with Crippen LogP contribution in [0.5, 0.6) is 0 Å². The number of carboxylic acids is 1. The SMILES string of the molecule is Cn1c(CC2CCNC2)nc2ccc(C(=O)O)cc21. The van der Waals surface area contributed by atoms with Gasteiger partial charge in [-0.15, -0.1) is 0 Å². The lowest BCUT2D eigenvalue weighted by Crippen LogP contribution is -2.12. The van der Waals surface area contributed by atoms with E-state index in [4.69, 9.17) is 5.11 Å². The minimum absolute atomic E-state index is 0.310. The number of aromatic nitrogens is 2. The number of hydrogen-bond donors (Lipinski definition) is 2. The van der Waals surface area contributed by atoms with Crippen molar-refractivity contribution in [2.75, 3.05) is 13.1 Å². The van der Waals surface area contributed by atoms with Crippen LogP contribution < -0.4 is 5.32 Å². The highest BCUT2D eigenvalue weighted by molar-refractivity contribution is 5.92. The summed E-state index contributed by atoms with van der Waals surface area (Å²) in [6.07, 6.45) is 2.13. The third-order valence-electron chi connectivity index (χ3n) is 3.85. The van der Waals surface area contributed by atoms with Crippen LogP contribution >= 0.6 is 0 Å². The molecule has 0 bridgehead atoms. The molecule has 19 heavy (non-hydrogen) atoms. The molecular weight excluding hydrogens is 242 g/mol. The monoisotopic (exact) mass is 259 g/mol. The molecule has 0 radical (unpaired) electrons. The zero-order valence-electron chi connectivity index (χ0n) is 10.9. The third-order valence-corrected chi connectivity index (χ3v) is 3.85. The molecule has 1 atom stereocenters. The van der Waals surface area contributed by atoms with Crippen molar-refractivity contribution in [3.05, 3.63) is 29.6 Å². The van der Waals surface area contributed by atoms with Crippen LogP contribution in [0.3, 0.4) is 0 Å². The Labute approximate surface area is 111 Å². The molecule has 1 unspecified atom stereocenters. The lowest BCUT2D eigenvalue weighted by atomic mass is 10.0. The van der Waals surface area contributed by atoms with Gasteiger partial charge in [-0.2, -0.15) is 0 Å². The minimum atomic E-state index is -0.898. The predicted molar refractivity (Wildman–Crippen MR) is 72.4 cm³/mol. The molecule has 100 valence electrons. The van der Waals surface area contributed by atoms with Crippen molar-refractivity contribution < 1.29 is 9.90 Å². The van der Waals surface area contributed by atoms with Gasteiger partial charge in [0, 0.05) is 13.5 Å². The number of carboxylic acid groups (broad SMARTS) is 1. The zero-order valence-corrected chi connectivity index (χ0v) is 10.9. The summed E-state index contributed by atoms with van der Waals surface area (Å²) in [5, 5.41) is 12.4. The van der Waals surface area contributed by atoms with Crippen molar-refractivity contribution in [1.29, 1.82) is 0 Å². The molecule has 0 saturated carbocycles. The average molecular weight is 259 g/mol. The molecule has 2 N–H and O–H groups in total.